The van der Waals surface area contributed by atoms with Crippen molar-refractivity contribution in [1.82, 2.24) is 5.32 Å². The van der Waals surface area contributed by atoms with Gasteiger partial charge in [0.15, 0.2) is 5.75 Å². The van der Waals surface area contributed by atoms with Gasteiger partial charge in [0.25, 0.3) is 0 Å². The third-order valence-corrected chi connectivity index (χ3v) is 3.23. The lowest BCUT2D eigenvalue weighted by atomic mass is 10.2. The number of hydrogen-bond acceptors (Lipinski definition) is 2. The SMILES string of the molecule is CNCc1cc(Cl)c(OCc2ccccc2)c(Cl)c1. The van der Waals surface area contributed by atoms with Gasteiger partial charge in [-0.1, -0.05) is 53.5 Å². The van der Waals surface area contributed by atoms with E-state index in [4.69, 9.17) is 27.9 Å². The van der Waals surface area contributed by atoms with Gasteiger partial charge < -0.3 is 10.1 Å². The number of halogens is 2. The van der Waals surface area contributed by atoms with Crippen LogP contribution in [0.3, 0.4) is 0 Å². The average molecular weight is 296 g/mol. The van der Waals surface area contributed by atoms with Gasteiger partial charge in [0.1, 0.15) is 6.61 Å². The summed E-state index contributed by atoms with van der Waals surface area (Å²) in [5.74, 6) is 0.534. The van der Waals surface area contributed by atoms with E-state index < -0.39 is 0 Å². The largest absolute Gasteiger partial charge is 0.486 e. The van der Waals surface area contributed by atoms with Gasteiger partial charge in [-0.25, -0.2) is 0 Å². The van der Waals surface area contributed by atoms with E-state index >= 15 is 0 Å². The molecule has 2 aromatic carbocycles. The summed E-state index contributed by atoms with van der Waals surface area (Å²) in [6.07, 6.45) is 0. The number of nitrogens with one attached hydrogen (secondary N) is 1. The highest BCUT2D eigenvalue weighted by Crippen LogP contribution is 2.34. The van der Waals surface area contributed by atoms with Crippen molar-refractivity contribution in [1.29, 1.82) is 0 Å². The van der Waals surface area contributed by atoms with Crippen molar-refractivity contribution in [3.05, 3.63) is 63.6 Å². The second kappa shape index (κ2) is 6.80. The van der Waals surface area contributed by atoms with Crippen molar-refractivity contribution >= 4 is 23.2 Å². The van der Waals surface area contributed by atoms with Gasteiger partial charge in [-0.2, -0.15) is 0 Å². The van der Waals surface area contributed by atoms with Gasteiger partial charge in [0.05, 0.1) is 10.0 Å². The van der Waals surface area contributed by atoms with Crippen LogP contribution in [-0.2, 0) is 13.2 Å². The Labute approximate surface area is 123 Å². The van der Waals surface area contributed by atoms with E-state index in [1.165, 1.54) is 0 Å². The van der Waals surface area contributed by atoms with Gasteiger partial charge in [0, 0.05) is 6.54 Å². The molecule has 2 nitrogen and oxygen atoms in total. The van der Waals surface area contributed by atoms with Gasteiger partial charge in [-0.05, 0) is 30.3 Å². The maximum Gasteiger partial charge on any atom is 0.156 e. The Bertz CT molecular complexity index is 520. The second-order valence-electron chi connectivity index (χ2n) is 4.19. The van der Waals surface area contributed by atoms with Crippen molar-refractivity contribution in [2.24, 2.45) is 0 Å². The van der Waals surface area contributed by atoms with E-state index in [9.17, 15) is 0 Å². The van der Waals surface area contributed by atoms with Gasteiger partial charge in [-0.3, -0.25) is 0 Å². The van der Waals surface area contributed by atoms with Crippen LogP contribution in [0.5, 0.6) is 5.75 Å². The minimum atomic E-state index is 0.450. The van der Waals surface area contributed by atoms with E-state index in [2.05, 4.69) is 5.32 Å². The normalized spacial score (nSPS) is 10.5. The van der Waals surface area contributed by atoms with Crippen LogP contribution in [0.2, 0.25) is 10.0 Å². The molecule has 4 heteroatoms. The molecule has 0 saturated heterocycles. The second-order valence-corrected chi connectivity index (χ2v) is 5.01. The van der Waals surface area contributed by atoms with Crippen LogP contribution in [0.1, 0.15) is 11.1 Å². The lowest BCUT2D eigenvalue weighted by molar-refractivity contribution is 0.306. The number of hydrogen-bond donors (Lipinski definition) is 1. The summed E-state index contributed by atoms with van der Waals surface area (Å²) in [5.41, 5.74) is 2.11. The first-order valence-electron chi connectivity index (χ1n) is 6.00. The molecule has 0 aliphatic heterocycles. The molecule has 0 radical (unpaired) electrons. The van der Waals surface area contributed by atoms with Crippen LogP contribution in [-0.4, -0.2) is 7.05 Å². The Kier molecular flexibility index (Phi) is 5.08. The smallest absolute Gasteiger partial charge is 0.156 e. The fourth-order valence-electron chi connectivity index (χ4n) is 1.79. The fourth-order valence-corrected chi connectivity index (χ4v) is 2.43. The van der Waals surface area contributed by atoms with Crippen LogP contribution < -0.4 is 10.1 Å². The summed E-state index contributed by atoms with van der Waals surface area (Å²) in [6.45, 7) is 1.17. The quantitative estimate of drug-likeness (QED) is 0.888. The first kappa shape index (κ1) is 14.2. The van der Waals surface area contributed by atoms with Crippen molar-refractivity contribution < 1.29 is 4.74 Å². The third kappa shape index (κ3) is 3.87. The Balaban J connectivity index is 2.12. The van der Waals surface area contributed by atoms with E-state index in [1.54, 1.807) is 0 Å². The van der Waals surface area contributed by atoms with Crippen molar-refractivity contribution in [3.8, 4) is 5.75 Å². The molecule has 0 amide bonds. The Morgan fingerprint density at radius 3 is 2.21 bits per heavy atom. The predicted octanol–water partition coefficient (Wildman–Crippen LogP) is 4.29. The van der Waals surface area contributed by atoms with E-state index in [1.807, 2.05) is 49.5 Å². The first-order valence-corrected chi connectivity index (χ1v) is 6.75. The monoisotopic (exact) mass is 295 g/mol. The molecule has 0 saturated carbocycles. The lowest BCUT2D eigenvalue weighted by Gasteiger charge is -2.12. The molecule has 0 aliphatic carbocycles. The van der Waals surface area contributed by atoms with Crippen LogP contribution in [0, 0.1) is 0 Å². The summed E-state index contributed by atoms with van der Waals surface area (Å²) in [7, 11) is 1.88. The molecule has 1 N–H and O–H groups in total. The molecule has 0 bridgehead atoms. The van der Waals surface area contributed by atoms with E-state index in [-0.39, 0.29) is 0 Å². The Morgan fingerprint density at radius 2 is 1.63 bits per heavy atom. The molecule has 0 aliphatic rings. The highest BCUT2D eigenvalue weighted by Gasteiger charge is 2.09. The zero-order valence-electron chi connectivity index (χ0n) is 10.6. The molecule has 0 fully saturated rings. The molecule has 0 aromatic heterocycles. The summed E-state index contributed by atoms with van der Waals surface area (Å²) >= 11 is 12.4. The summed E-state index contributed by atoms with van der Waals surface area (Å²) in [6, 6.07) is 13.6. The molecule has 2 aromatic rings. The average Bonchev–Trinajstić information content (AvgIpc) is 2.39. The molecule has 19 heavy (non-hydrogen) atoms. The van der Waals surface area contributed by atoms with Gasteiger partial charge in [0.2, 0.25) is 0 Å². The van der Waals surface area contributed by atoms with E-state index in [0.29, 0.717) is 22.4 Å². The van der Waals surface area contributed by atoms with Crippen LogP contribution >= 0.6 is 23.2 Å². The summed E-state index contributed by atoms with van der Waals surface area (Å²) in [5, 5.41) is 4.13. The standard InChI is InChI=1S/C15H15Cl2NO/c1-18-9-12-7-13(16)15(14(17)8-12)19-10-11-5-3-2-4-6-11/h2-8,18H,9-10H2,1H3. The summed E-state index contributed by atoms with van der Waals surface area (Å²) < 4.78 is 5.70. The van der Waals surface area contributed by atoms with Crippen molar-refractivity contribution in [3.63, 3.8) is 0 Å². The minimum absolute atomic E-state index is 0.450. The highest BCUT2D eigenvalue weighted by molar-refractivity contribution is 6.37. The van der Waals surface area contributed by atoms with Gasteiger partial charge >= 0.3 is 0 Å². The third-order valence-electron chi connectivity index (χ3n) is 2.66. The molecule has 0 atom stereocenters. The zero-order valence-corrected chi connectivity index (χ0v) is 12.1. The number of rotatable bonds is 5. The fraction of sp³-hybridized carbons (Fsp3) is 0.200. The molecule has 0 spiro atoms. The zero-order chi connectivity index (χ0) is 13.7. The maximum atomic E-state index is 6.20. The number of benzene rings is 2. The Hall–Kier alpha value is -1.22. The molecule has 100 valence electrons. The van der Waals surface area contributed by atoms with Crippen LogP contribution in [0.25, 0.3) is 0 Å². The molecule has 0 heterocycles. The van der Waals surface area contributed by atoms with Crippen molar-refractivity contribution in [2.75, 3.05) is 7.05 Å². The molecular formula is C15H15Cl2NO. The Morgan fingerprint density at radius 1 is 1.00 bits per heavy atom. The summed E-state index contributed by atoms with van der Waals surface area (Å²) in [4.78, 5) is 0. The van der Waals surface area contributed by atoms with Crippen LogP contribution in [0.4, 0.5) is 0 Å². The highest BCUT2D eigenvalue weighted by atomic mass is 35.5. The molecular weight excluding hydrogens is 281 g/mol. The predicted molar refractivity (Wildman–Crippen MR) is 80.0 cm³/mol. The topological polar surface area (TPSA) is 21.3 Å². The first-order chi connectivity index (χ1) is 9.20. The maximum absolute atomic E-state index is 6.20. The minimum Gasteiger partial charge on any atom is -0.486 e. The van der Waals surface area contributed by atoms with E-state index in [0.717, 1.165) is 17.7 Å². The molecule has 0 unspecified atom stereocenters. The number of ether oxygens (including phenoxy) is 1. The lowest BCUT2D eigenvalue weighted by Crippen LogP contribution is -2.05. The van der Waals surface area contributed by atoms with Gasteiger partial charge in [-0.15, -0.1) is 0 Å². The molecule has 2 rings (SSSR count). The van der Waals surface area contributed by atoms with Crippen LogP contribution in [0.15, 0.2) is 42.5 Å². The van der Waals surface area contributed by atoms with Crippen molar-refractivity contribution in [2.45, 2.75) is 13.2 Å².